The van der Waals surface area contributed by atoms with E-state index in [2.05, 4.69) is 21.2 Å². The molecule has 4 heteroatoms. The van der Waals surface area contributed by atoms with E-state index in [4.69, 9.17) is 11.6 Å². The molecule has 1 aromatic carbocycles. The van der Waals surface area contributed by atoms with Gasteiger partial charge >= 0.3 is 0 Å². The number of rotatable bonds is 3. The molecule has 0 aliphatic carbocycles. The first-order chi connectivity index (χ1) is 6.63. The molecule has 0 spiro atoms. The minimum Gasteiger partial charge on any atom is -0.352 e. The quantitative estimate of drug-likeness (QED) is 0.903. The Kier molecular flexibility index (Phi) is 4.42. The van der Waals surface area contributed by atoms with Crippen LogP contribution in [0.5, 0.6) is 0 Å². The van der Waals surface area contributed by atoms with Gasteiger partial charge in [0, 0.05) is 22.5 Å². The summed E-state index contributed by atoms with van der Waals surface area (Å²) in [6.07, 6.45) is 0.494. The van der Waals surface area contributed by atoms with Crippen molar-refractivity contribution in [2.24, 2.45) is 0 Å². The van der Waals surface area contributed by atoms with Crippen LogP contribution in [0.3, 0.4) is 0 Å². The van der Waals surface area contributed by atoms with Crippen LogP contribution in [0.4, 0.5) is 0 Å². The summed E-state index contributed by atoms with van der Waals surface area (Å²) >= 11 is 9.29. The molecule has 0 unspecified atom stereocenters. The number of amides is 1. The Morgan fingerprint density at radius 1 is 1.57 bits per heavy atom. The van der Waals surface area contributed by atoms with Crippen molar-refractivity contribution in [1.82, 2.24) is 5.32 Å². The highest BCUT2D eigenvalue weighted by molar-refractivity contribution is 9.10. The molecule has 14 heavy (non-hydrogen) atoms. The largest absolute Gasteiger partial charge is 0.352 e. The molecule has 0 aliphatic rings. The third-order valence-electron chi connectivity index (χ3n) is 1.81. The lowest BCUT2D eigenvalue weighted by molar-refractivity contribution is -0.120. The Hall–Kier alpha value is -0.540. The number of hydrogen-bond acceptors (Lipinski definition) is 1. The Morgan fingerprint density at radius 2 is 2.29 bits per heavy atom. The Labute approximate surface area is 96.8 Å². The van der Waals surface area contributed by atoms with Crippen molar-refractivity contribution in [1.29, 1.82) is 0 Å². The summed E-state index contributed by atoms with van der Waals surface area (Å²) in [5.41, 5.74) is 0.927. The number of carbonyl (C=O) groups excluding carboxylic acids is 1. The summed E-state index contributed by atoms with van der Waals surface area (Å²) in [5.74, 6) is 0.0315. The van der Waals surface area contributed by atoms with Crippen molar-refractivity contribution in [2.45, 2.75) is 19.9 Å². The SMILES string of the molecule is CCC(=O)NCc1ccc(Br)cc1Cl. The molecule has 1 amide bonds. The van der Waals surface area contributed by atoms with Gasteiger partial charge in [-0.3, -0.25) is 4.79 Å². The second kappa shape index (κ2) is 5.37. The molecule has 2 nitrogen and oxygen atoms in total. The zero-order valence-corrected chi connectivity index (χ0v) is 10.2. The first-order valence-electron chi connectivity index (χ1n) is 4.34. The van der Waals surface area contributed by atoms with Gasteiger partial charge in [-0.05, 0) is 17.7 Å². The van der Waals surface area contributed by atoms with E-state index < -0.39 is 0 Å². The summed E-state index contributed by atoms with van der Waals surface area (Å²) < 4.78 is 0.938. The highest BCUT2D eigenvalue weighted by atomic mass is 79.9. The molecule has 1 rings (SSSR count). The van der Waals surface area contributed by atoms with Crippen LogP contribution in [0.15, 0.2) is 22.7 Å². The normalized spacial score (nSPS) is 9.93. The number of nitrogens with one attached hydrogen (secondary N) is 1. The summed E-state index contributed by atoms with van der Waals surface area (Å²) in [7, 11) is 0. The third kappa shape index (κ3) is 3.31. The van der Waals surface area contributed by atoms with Crippen molar-refractivity contribution in [3.63, 3.8) is 0 Å². The fourth-order valence-corrected chi connectivity index (χ4v) is 1.72. The summed E-state index contributed by atoms with van der Waals surface area (Å²) in [6.45, 7) is 2.30. The van der Waals surface area contributed by atoms with Gasteiger partial charge in [-0.25, -0.2) is 0 Å². The van der Waals surface area contributed by atoms with E-state index >= 15 is 0 Å². The second-order valence-electron chi connectivity index (χ2n) is 2.87. The van der Waals surface area contributed by atoms with Gasteiger partial charge in [0.05, 0.1) is 0 Å². The minimum atomic E-state index is 0.0315. The summed E-state index contributed by atoms with van der Waals surface area (Å²) in [5, 5.41) is 3.43. The maximum Gasteiger partial charge on any atom is 0.219 e. The molecule has 0 atom stereocenters. The van der Waals surface area contributed by atoms with Gasteiger partial charge in [0.1, 0.15) is 0 Å². The standard InChI is InChI=1S/C10H11BrClNO/c1-2-10(14)13-6-7-3-4-8(11)5-9(7)12/h3-5H,2,6H2,1H3,(H,13,14). The summed E-state index contributed by atoms with van der Waals surface area (Å²) in [6, 6.07) is 5.61. The zero-order valence-electron chi connectivity index (χ0n) is 7.81. The van der Waals surface area contributed by atoms with Gasteiger partial charge in [0.2, 0.25) is 5.91 Å². The summed E-state index contributed by atoms with van der Waals surface area (Å²) in [4.78, 5) is 11.0. The van der Waals surface area contributed by atoms with Gasteiger partial charge < -0.3 is 5.32 Å². The van der Waals surface area contributed by atoms with Crippen LogP contribution < -0.4 is 5.32 Å². The van der Waals surface area contributed by atoms with Crippen molar-refractivity contribution in [3.05, 3.63) is 33.3 Å². The first kappa shape index (κ1) is 11.5. The number of hydrogen-bond donors (Lipinski definition) is 1. The van der Waals surface area contributed by atoms with E-state index in [1.165, 1.54) is 0 Å². The lowest BCUT2D eigenvalue weighted by Gasteiger charge is -2.05. The predicted octanol–water partition coefficient (Wildman–Crippen LogP) is 3.13. The van der Waals surface area contributed by atoms with Crippen molar-refractivity contribution in [2.75, 3.05) is 0 Å². The van der Waals surface area contributed by atoms with E-state index in [0.29, 0.717) is 18.0 Å². The van der Waals surface area contributed by atoms with Crippen molar-refractivity contribution >= 4 is 33.4 Å². The van der Waals surface area contributed by atoms with Gasteiger partial charge in [-0.1, -0.05) is 40.5 Å². The van der Waals surface area contributed by atoms with Gasteiger partial charge in [0.15, 0.2) is 0 Å². The average Bonchev–Trinajstić information content (AvgIpc) is 2.16. The maximum absolute atomic E-state index is 11.0. The molecule has 0 bridgehead atoms. The van der Waals surface area contributed by atoms with Crippen LogP contribution >= 0.6 is 27.5 Å². The lowest BCUT2D eigenvalue weighted by atomic mass is 10.2. The second-order valence-corrected chi connectivity index (χ2v) is 4.19. The van der Waals surface area contributed by atoms with E-state index in [0.717, 1.165) is 10.0 Å². The van der Waals surface area contributed by atoms with E-state index in [1.54, 1.807) is 0 Å². The van der Waals surface area contributed by atoms with Gasteiger partial charge in [-0.2, -0.15) is 0 Å². The monoisotopic (exact) mass is 275 g/mol. The van der Waals surface area contributed by atoms with E-state index in [9.17, 15) is 4.79 Å². The van der Waals surface area contributed by atoms with Crippen LogP contribution in [-0.2, 0) is 11.3 Å². The lowest BCUT2D eigenvalue weighted by Crippen LogP contribution is -2.21. The third-order valence-corrected chi connectivity index (χ3v) is 2.66. The molecule has 1 aromatic rings. The first-order valence-corrected chi connectivity index (χ1v) is 5.51. The van der Waals surface area contributed by atoms with Crippen LogP contribution in [0.2, 0.25) is 5.02 Å². The molecular formula is C10H11BrClNO. The number of benzene rings is 1. The molecule has 0 radical (unpaired) electrons. The Bertz CT molecular complexity index is 341. The smallest absolute Gasteiger partial charge is 0.219 e. The Balaban J connectivity index is 2.63. The van der Waals surface area contributed by atoms with Crippen LogP contribution in [0.1, 0.15) is 18.9 Å². The van der Waals surface area contributed by atoms with Crippen LogP contribution in [0, 0.1) is 0 Å². The number of halogens is 2. The highest BCUT2D eigenvalue weighted by Gasteiger charge is 2.02. The highest BCUT2D eigenvalue weighted by Crippen LogP contribution is 2.21. The fraction of sp³-hybridized carbons (Fsp3) is 0.300. The van der Waals surface area contributed by atoms with E-state index in [-0.39, 0.29) is 5.91 Å². The molecule has 0 saturated carbocycles. The van der Waals surface area contributed by atoms with Crippen molar-refractivity contribution in [3.8, 4) is 0 Å². The molecule has 0 aliphatic heterocycles. The maximum atomic E-state index is 11.0. The number of carbonyl (C=O) groups is 1. The van der Waals surface area contributed by atoms with Gasteiger partial charge in [-0.15, -0.1) is 0 Å². The van der Waals surface area contributed by atoms with E-state index in [1.807, 2.05) is 25.1 Å². The Morgan fingerprint density at radius 3 is 2.86 bits per heavy atom. The van der Waals surface area contributed by atoms with Crippen LogP contribution in [-0.4, -0.2) is 5.91 Å². The molecule has 0 saturated heterocycles. The van der Waals surface area contributed by atoms with Gasteiger partial charge in [0.25, 0.3) is 0 Å². The topological polar surface area (TPSA) is 29.1 Å². The zero-order chi connectivity index (χ0) is 10.6. The van der Waals surface area contributed by atoms with Crippen molar-refractivity contribution < 1.29 is 4.79 Å². The predicted molar refractivity (Wildman–Crippen MR) is 61.3 cm³/mol. The average molecular weight is 277 g/mol. The van der Waals surface area contributed by atoms with Crippen LogP contribution in [0.25, 0.3) is 0 Å². The fourth-order valence-electron chi connectivity index (χ4n) is 0.984. The molecule has 0 fully saturated rings. The molecule has 0 aromatic heterocycles. The minimum absolute atomic E-state index is 0.0315. The molecular weight excluding hydrogens is 265 g/mol. The molecule has 0 heterocycles. The molecule has 1 N–H and O–H groups in total. The molecule has 76 valence electrons.